The maximum atomic E-state index is 12.7. The molecule has 0 spiro atoms. The summed E-state index contributed by atoms with van der Waals surface area (Å²) in [7, 11) is 3.69. The first kappa shape index (κ1) is 24.2. The van der Waals surface area contributed by atoms with Crippen LogP contribution >= 0.6 is 0 Å². The number of rotatable bonds is 7. The van der Waals surface area contributed by atoms with E-state index in [2.05, 4.69) is 37.5 Å². The van der Waals surface area contributed by atoms with Crippen LogP contribution in [-0.4, -0.2) is 88.6 Å². The molecule has 3 aromatic heterocycles. The van der Waals surface area contributed by atoms with Gasteiger partial charge in [-0.3, -0.25) is 4.79 Å². The summed E-state index contributed by atoms with van der Waals surface area (Å²) >= 11 is 0. The zero-order valence-corrected chi connectivity index (χ0v) is 21.0. The molecule has 10 heteroatoms. The number of methoxy groups -OCH3 is 1. The smallest absolute Gasteiger partial charge is 0.257 e. The predicted molar refractivity (Wildman–Crippen MR) is 139 cm³/mol. The van der Waals surface area contributed by atoms with Gasteiger partial charge in [-0.1, -0.05) is 0 Å². The molecule has 2 aliphatic rings. The normalized spacial score (nSPS) is 20.8. The number of nitrogens with one attached hydrogen (secondary N) is 2. The van der Waals surface area contributed by atoms with Crippen molar-refractivity contribution in [3.8, 4) is 5.88 Å². The van der Waals surface area contributed by atoms with Gasteiger partial charge in [-0.25, -0.2) is 19.9 Å². The van der Waals surface area contributed by atoms with Crippen molar-refractivity contribution < 1.29 is 9.53 Å². The number of nitrogens with zero attached hydrogens (tertiary/aromatic N) is 6. The number of ether oxygens (including phenoxy) is 1. The first-order chi connectivity index (χ1) is 17.6. The molecule has 10 nitrogen and oxygen atoms in total. The Balaban J connectivity index is 1.08. The van der Waals surface area contributed by atoms with Crippen LogP contribution in [0.15, 0.2) is 36.8 Å². The molecule has 36 heavy (non-hydrogen) atoms. The maximum absolute atomic E-state index is 12.7. The van der Waals surface area contributed by atoms with Crippen molar-refractivity contribution in [2.24, 2.45) is 5.92 Å². The lowest BCUT2D eigenvalue weighted by atomic mass is 9.86. The van der Waals surface area contributed by atoms with Gasteiger partial charge in [0.15, 0.2) is 0 Å². The maximum Gasteiger partial charge on any atom is 0.257 e. The van der Waals surface area contributed by atoms with Crippen molar-refractivity contribution in [2.75, 3.05) is 57.5 Å². The number of aromatic nitrogens is 4. The van der Waals surface area contributed by atoms with E-state index >= 15 is 0 Å². The Morgan fingerprint density at radius 3 is 2.50 bits per heavy atom. The van der Waals surface area contributed by atoms with Gasteiger partial charge in [-0.15, -0.1) is 0 Å². The van der Waals surface area contributed by atoms with E-state index < -0.39 is 0 Å². The van der Waals surface area contributed by atoms with Crippen LogP contribution in [0.5, 0.6) is 5.88 Å². The number of carbonyl (C=O) groups excluding carboxylic acids is 1. The molecule has 0 atom stereocenters. The summed E-state index contributed by atoms with van der Waals surface area (Å²) in [6, 6.07) is 6.40. The van der Waals surface area contributed by atoms with Crippen molar-refractivity contribution in [3.05, 3.63) is 42.4 Å². The van der Waals surface area contributed by atoms with Crippen LogP contribution in [0.1, 0.15) is 36.0 Å². The second-order valence-electron chi connectivity index (χ2n) is 9.72. The highest BCUT2D eigenvalue weighted by Gasteiger charge is 2.23. The van der Waals surface area contributed by atoms with E-state index in [1.165, 1.54) is 0 Å². The van der Waals surface area contributed by atoms with Gasteiger partial charge in [0, 0.05) is 62.7 Å². The van der Waals surface area contributed by atoms with Crippen molar-refractivity contribution in [3.63, 3.8) is 0 Å². The second-order valence-corrected chi connectivity index (χ2v) is 9.72. The molecular formula is C26H34N8O2. The molecule has 2 fully saturated rings. The molecule has 0 radical (unpaired) electrons. The lowest BCUT2D eigenvalue weighted by Gasteiger charge is -2.32. The molecule has 0 aromatic carbocycles. The van der Waals surface area contributed by atoms with Gasteiger partial charge in [0.2, 0.25) is 11.8 Å². The highest BCUT2D eigenvalue weighted by molar-refractivity contribution is 5.93. The highest BCUT2D eigenvalue weighted by atomic mass is 16.5. The molecule has 190 valence electrons. The number of piperazine rings is 1. The van der Waals surface area contributed by atoms with Crippen molar-refractivity contribution in [1.29, 1.82) is 0 Å². The van der Waals surface area contributed by atoms with Crippen LogP contribution in [-0.2, 0) is 0 Å². The summed E-state index contributed by atoms with van der Waals surface area (Å²) in [5, 5.41) is 7.96. The molecule has 4 heterocycles. The van der Waals surface area contributed by atoms with Gasteiger partial charge in [-0.05, 0) is 56.8 Å². The number of hydrogen-bond acceptors (Lipinski definition) is 9. The molecule has 0 bridgehead atoms. The summed E-state index contributed by atoms with van der Waals surface area (Å²) < 4.78 is 5.36. The summed E-state index contributed by atoms with van der Waals surface area (Å²) in [4.78, 5) is 34.5. The number of anilines is 2. The molecule has 0 unspecified atom stereocenters. The van der Waals surface area contributed by atoms with Crippen molar-refractivity contribution in [1.82, 2.24) is 29.7 Å². The number of amides is 1. The second kappa shape index (κ2) is 11.0. The Labute approximate surface area is 211 Å². The third kappa shape index (κ3) is 5.64. The van der Waals surface area contributed by atoms with E-state index in [1.807, 2.05) is 23.1 Å². The Kier molecular flexibility index (Phi) is 7.41. The van der Waals surface area contributed by atoms with Crippen molar-refractivity contribution in [2.45, 2.75) is 31.7 Å². The van der Waals surface area contributed by atoms with Gasteiger partial charge in [0.1, 0.15) is 11.3 Å². The Morgan fingerprint density at radius 2 is 1.78 bits per heavy atom. The average molecular weight is 491 g/mol. The zero-order chi connectivity index (χ0) is 24.9. The van der Waals surface area contributed by atoms with Crippen LogP contribution in [0.3, 0.4) is 0 Å². The van der Waals surface area contributed by atoms with E-state index in [0.717, 1.165) is 75.1 Å². The van der Waals surface area contributed by atoms with Crippen LogP contribution in [0.2, 0.25) is 0 Å². The summed E-state index contributed by atoms with van der Waals surface area (Å²) in [6.07, 6.45) is 9.39. The van der Waals surface area contributed by atoms with Gasteiger partial charge >= 0.3 is 0 Å². The minimum Gasteiger partial charge on any atom is -0.479 e. The fraction of sp³-hybridized carbons (Fsp3) is 0.500. The van der Waals surface area contributed by atoms with Gasteiger partial charge < -0.3 is 25.2 Å². The van der Waals surface area contributed by atoms with Crippen LogP contribution < -0.4 is 15.4 Å². The number of fused-ring (bicyclic) bond motifs is 1. The number of hydrogen-bond donors (Lipinski definition) is 2. The molecule has 1 saturated carbocycles. The topological polar surface area (TPSA) is 108 Å². The van der Waals surface area contributed by atoms with Gasteiger partial charge in [0.25, 0.3) is 5.91 Å². The van der Waals surface area contributed by atoms with Gasteiger partial charge in [-0.2, -0.15) is 0 Å². The molecule has 1 aliphatic carbocycles. The van der Waals surface area contributed by atoms with E-state index in [9.17, 15) is 4.79 Å². The van der Waals surface area contributed by atoms with Crippen LogP contribution in [0.25, 0.3) is 10.9 Å². The summed E-state index contributed by atoms with van der Waals surface area (Å²) in [5.41, 5.74) is 1.33. The highest BCUT2D eigenvalue weighted by Crippen LogP contribution is 2.28. The molecule has 1 amide bonds. The molecular weight excluding hydrogens is 456 g/mol. The molecule has 1 aliphatic heterocycles. The lowest BCUT2D eigenvalue weighted by molar-refractivity contribution is 0.0663. The zero-order valence-electron chi connectivity index (χ0n) is 21.0. The molecule has 1 saturated heterocycles. The minimum absolute atomic E-state index is 0.0103. The standard InChI is InChI=1S/C26H34N8O2/c1-33-11-13-34(14-12-33)25(35)20-16-29-26(30-17-20)28-15-18-3-6-21(7-4-18)31-22-8-5-19-9-10-27-24(36-2)23(19)32-22/h5,8-10,16-18,21H,3-4,6-7,11-15H2,1-2H3,(H,31,32)(H,28,29,30)/t18-,21-. The largest absolute Gasteiger partial charge is 0.479 e. The first-order valence-electron chi connectivity index (χ1n) is 12.7. The van der Waals surface area contributed by atoms with Crippen LogP contribution in [0, 0.1) is 5.92 Å². The summed E-state index contributed by atoms with van der Waals surface area (Å²) in [5.74, 6) is 2.55. The molecule has 2 N–H and O–H groups in total. The number of carbonyl (C=O) groups is 1. The van der Waals surface area contributed by atoms with E-state index in [0.29, 0.717) is 29.4 Å². The number of likely N-dealkylation sites (N-methyl/N-ethyl adjacent to an activating group) is 1. The molecule has 3 aromatic rings. The minimum atomic E-state index is 0.0103. The lowest BCUT2D eigenvalue weighted by Crippen LogP contribution is -2.47. The van der Waals surface area contributed by atoms with E-state index in [4.69, 9.17) is 9.72 Å². The fourth-order valence-electron chi connectivity index (χ4n) is 4.93. The average Bonchev–Trinajstić information content (AvgIpc) is 2.92. The van der Waals surface area contributed by atoms with E-state index in [-0.39, 0.29) is 5.91 Å². The molecule has 5 rings (SSSR count). The SMILES string of the molecule is COc1nccc2ccc(N[C@H]3CC[C@H](CNc4ncc(C(=O)N5CCN(C)CC5)cn4)CC3)nc12. The van der Waals surface area contributed by atoms with Crippen LogP contribution in [0.4, 0.5) is 11.8 Å². The number of pyridine rings is 2. The van der Waals surface area contributed by atoms with E-state index in [1.54, 1.807) is 25.7 Å². The van der Waals surface area contributed by atoms with Crippen molar-refractivity contribution >= 4 is 28.6 Å². The third-order valence-electron chi connectivity index (χ3n) is 7.21. The Morgan fingerprint density at radius 1 is 1.03 bits per heavy atom. The quantitative estimate of drug-likeness (QED) is 0.517. The third-order valence-corrected chi connectivity index (χ3v) is 7.21. The monoisotopic (exact) mass is 490 g/mol. The Hall–Kier alpha value is -3.53. The Bertz CT molecular complexity index is 1170. The van der Waals surface area contributed by atoms with Gasteiger partial charge in [0.05, 0.1) is 12.7 Å². The summed E-state index contributed by atoms with van der Waals surface area (Å²) in [6.45, 7) is 4.12. The first-order valence-corrected chi connectivity index (χ1v) is 12.7. The fourth-order valence-corrected chi connectivity index (χ4v) is 4.93. The predicted octanol–water partition coefficient (Wildman–Crippen LogP) is 2.90.